The summed E-state index contributed by atoms with van der Waals surface area (Å²) in [4.78, 5) is 4.30. The number of rotatable bonds is 7. The Kier molecular flexibility index (Phi) is 4.55. The van der Waals surface area contributed by atoms with Crippen molar-refractivity contribution in [3.8, 4) is 11.5 Å². The molecule has 3 rings (SSSR count). The number of nitrogens with zero attached hydrogens (tertiary/aromatic N) is 5. The maximum Gasteiger partial charge on any atom is 0.227 e. The molecule has 0 N–H and O–H groups in total. The molecule has 2 heterocycles. The summed E-state index contributed by atoms with van der Waals surface area (Å²) < 4.78 is 12.4. The minimum atomic E-state index is 0.466. The number of aryl methyl sites for hydroxylation is 2. The van der Waals surface area contributed by atoms with Crippen LogP contribution < -0.4 is 0 Å². The van der Waals surface area contributed by atoms with Crippen LogP contribution in [-0.2, 0) is 24.8 Å². The highest BCUT2D eigenvalue weighted by atomic mass is 16.5. The maximum absolute atomic E-state index is 5.62. The first-order valence-electron chi connectivity index (χ1n) is 7.12. The van der Waals surface area contributed by atoms with Crippen LogP contribution in [0.4, 0.5) is 0 Å². The van der Waals surface area contributed by atoms with Gasteiger partial charge in [0, 0.05) is 20.1 Å². The normalized spacial score (nSPS) is 11.0. The molecule has 7 nitrogen and oxygen atoms in total. The van der Waals surface area contributed by atoms with Gasteiger partial charge in [0.1, 0.15) is 0 Å². The van der Waals surface area contributed by atoms with Gasteiger partial charge in [0.2, 0.25) is 11.7 Å². The fourth-order valence-corrected chi connectivity index (χ4v) is 2.00. The van der Waals surface area contributed by atoms with Gasteiger partial charge in [0.25, 0.3) is 0 Å². The third-order valence-electron chi connectivity index (χ3n) is 3.09. The second-order valence-electron chi connectivity index (χ2n) is 4.93. The molecule has 1 aromatic carbocycles. The number of hydrogen-bond donors (Lipinski definition) is 0. The lowest BCUT2D eigenvalue weighted by Crippen LogP contribution is -1.97. The molecule has 0 amide bonds. The van der Waals surface area contributed by atoms with Crippen LogP contribution in [0.15, 0.2) is 41.1 Å². The van der Waals surface area contributed by atoms with E-state index in [-0.39, 0.29) is 0 Å². The van der Waals surface area contributed by atoms with Gasteiger partial charge in [-0.05, 0) is 12.0 Å². The summed E-state index contributed by atoms with van der Waals surface area (Å²) in [5, 5.41) is 11.7. The summed E-state index contributed by atoms with van der Waals surface area (Å²) in [7, 11) is 1.79. The van der Waals surface area contributed by atoms with Crippen LogP contribution in [0.3, 0.4) is 0 Å². The van der Waals surface area contributed by atoms with Crippen LogP contribution in [0.5, 0.6) is 0 Å². The van der Waals surface area contributed by atoms with Gasteiger partial charge in [0.15, 0.2) is 5.69 Å². The topological polar surface area (TPSA) is 78.9 Å². The second kappa shape index (κ2) is 6.95. The molecule has 0 bridgehead atoms. The molecule has 0 unspecified atom stereocenters. The summed E-state index contributed by atoms with van der Waals surface area (Å²) in [6.45, 7) is 1.27. The molecule has 7 heteroatoms. The highest BCUT2D eigenvalue weighted by Crippen LogP contribution is 2.12. The van der Waals surface area contributed by atoms with E-state index in [9.17, 15) is 0 Å². The van der Waals surface area contributed by atoms with Crippen LogP contribution in [-0.4, -0.2) is 31.7 Å². The predicted molar refractivity (Wildman–Crippen MR) is 78.7 cm³/mol. The van der Waals surface area contributed by atoms with Crippen molar-refractivity contribution in [1.82, 2.24) is 25.1 Å². The molecule has 114 valence electrons. The van der Waals surface area contributed by atoms with Crippen molar-refractivity contribution in [1.29, 1.82) is 0 Å². The van der Waals surface area contributed by atoms with E-state index >= 15 is 0 Å². The van der Waals surface area contributed by atoms with Crippen LogP contribution in [0, 0.1) is 0 Å². The summed E-state index contributed by atoms with van der Waals surface area (Å²) in [6.07, 6.45) is 3.26. The summed E-state index contributed by atoms with van der Waals surface area (Å²) >= 11 is 0. The van der Waals surface area contributed by atoms with Gasteiger partial charge in [-0.15, -0.1) is 5.10 Å². The van der Waals surface area contributed by atoms with Gasteiger partial charge in [-0.3, -0.25) is 4.68 Å². The Morgan fingerprint density at radius 3 is 2.86 bits per heavy atom. The van der Waals surface area contributed by atoms with Crippen molar-refractivity contribution in [3.05, 3.63) is 48.0 Å². The van der Waals surface area contributed by atoms with E-state index in [0.717, 1.165) is 6.42 Å². The fourth-order valence-electron chi connectivity index (χ4n) is 2.00. The lowest BCUT2D eigenvalue weighted by atomic mass is 10.2. The average molecular weight is 299 g/mol. The fraction of sp³-hybridized carbons (Fsp3) is 0.333. The molecule has 0 aliphatic carbocycles. The minimum absolute atomic E-state index is 0.466. The average Bonchev–Trinajstić information content (AvgIpc) is 3.17. The van der Waals surface area contributed by atoms with E-state index in [4.69, 9.17) is 9.26 Å². The number of aromatic nitrogens is 5. The lowest BCUT2D eigenvalue weighted by molar-refractivity contribution is 0.117. The molecule has 0 spiro atoms. The molecule has 3 aromatic rings. The standard InChI is InChI=1S/C15H17N5O2/c1-20-10-13(17-19-20)15-16-14(22-18-15)8-5-9-21-11-12-6-3-2-4-7-12/h2-4,6-7,10H,5,8-9,11H2,1H3. The van der Waals surface area contributed by atoms with Crippen molar-refractivity contribution in [2.75, 3.05) is 6.61 Å². The van der Waals surface area contributed by atoms with Crippen molar-refractivity contribution in [3.63, 3.8) is 0 Å². The lowest BCUT2D eigenvalue weighted by Gasteiger charge is -2.02. The molecule has 0 aliphatic rings. The molecule has 22 heavy (non-hydrogen) atoms. The molecule has 0 atom stereocenters. The SMILES string of the molecule is Cn1cc(-c2noc(CCCOCc3ccccc3)n2)nn1. The first-order chi connectivity index (χ1) is 10.8. The third-order valence-corrected chi connectivity index (χ3v) is 3.09. The molecule has 2 aromatic heterocycles. The van der Waals surface area contributed by atoms with Crippen molar-refractivity contribution < 1.29 is 9.26 Å². The van der Waals surface area contributed by atoms with Gasteiger partial charge in [-0.1, -0.05) is 40.7 Å². The Balaban J connectivity index is 1.42. The van der Waals surface area contributed by atoms with E-state index in [1.54, 1.807) is 17.9 Å². The van der Waals surface area contributed by atoms with E-state index in [1.165, 1.54) is 5.56 Å². The summed E-state index contributed by atoms with van der Waals surface area (Å²) in [5.74, 6) is 1.05. The molecular weight excluding hydrogens is 282 g/mol. The number of benzene rings is 1. The minimum Gasteiger partial charge on any atom is -0.377 e. The first-order valence-corrected chi connectivity index (χ1v) is 7.12. The quantitative estimate of drug-likeness (QED) is 0.621. The highest BCUT2D eigenvalue weighted by molar-refractivity contribution is 5.45. The van der Waals surface area contributed by atoms with Crippen molar-refractivity contribution in [2.24, 2.45) is 7.05 Å². The predicted octanol–water partition coefficient (Wildman–Crippen LogP) is 2.01. The number of hydrogen-bond acceptors (Lipinski definition) is 6. The molecule has 0 fully saturated rings. The summed E-state index contributed by atoms with van der Waals surface area (Å²) in [5.41, 5.74) is 1.78. The monoisotopic (exact) mass is 299 g/mol. The Bertz CT molecular complexity index is 708. The van der Waals surface area contributed by atoms with Gasteiger partial charge in [-0.25, -0.2) is 0 Å². The molecule has 0 radical (unpaired) electrons. The highest BCUT2D eigenvalue weighted by Gasteiger charge is 2.11. The van der Waals surface area contributed by atoms with Crippen LogP contribution in [0.1, 0.15) is 17.9 Å². The molecule has 0 saturated heterocycles. The van der Waals surface area contributed by atoms with Crippen LogP contribution in [0.25, 0.3) is 11.5 Å². The van der Waals surface area contributed by atoms with Crippen LogP contribution in [0.2, 0.25) is 0 Å². The van der Waals surface area contributed by atoms with Gasteiger partial charge in [0.05, 0.1) is 12.8 Å². The van der Waals surface area contributed by atoms with E-state index in [1.807, 2.05) is 30.3 Å². The van der Waals surface area contributed by atoms with Gasteiger partial charge >= 0.3 is 0 Å². The van der Waals surface area contributed by atoms with Gasteiger partial charge in [-0.2, -0.15) is 4.98 Å². The van der Waals surface area contributed by atoms with Crippen molar-refractivity contribution in [2.45, 2.75) is 19.4 Å². The Labute approximate surface area is 127 Å². The summed E-state index contributed by atoms with van der Waals surface area (Å²) in [6, 6.07) is 10.1. The number of ether oxygens (including phenoxy) is 1. The van der Waals surface area contributed by atoms with E-state index < -0.39 is 0 Å². The Morgan fingerprint density at radius 2 is 2.09 bits per heavy atom. The second-order valence-corrected chi connectivity index (χ2v) is 4.93. The smallest absolute Gasteiger partial charge is 0.227 e. The largest absolute Gasteiger partial charge is 0.377 e. The molecule has 0 aliphatic heterocycles. The Morgan fingerprint density at radius 1 is 1.23 bits per heavy atom. The van der Waals surface area contributed by atoms with E-state index in [0.29, 0.717) is 37.0 Å². The van der Waals surface area contributed by atoms with E-state index in [2.05, 4.69) is 20.5 Å². The maximum atomic E-state index is 5.62. The van der Waals surface area contributed by atoms with Crippen molar-refractivity contribution >= 4 is 0 Å². The third kappa shape index (κ3) is 3.76. The molecule has 0 saturated carbocycles. The molecular formula is C15H17N5O2. The van der Waals surface area contributed by atoms with Crippen LogP contribution >= 0.6 is 0 Å². The zero-order valence-corrected chi connectivity index (χ0v) is 12.3. The first kappa shape index (κ1) is 14.4. The zero-order valence-electron chi connectivity index (χ0n) is 12.3. The van der Waals surface area contributed by atoms with Gasteiger partial charge < -0.3 is 9.26 Å². The Hall–Kier alpha value is -2.54. The zero-order chi connectivity index (χ0) is 15.2.